The summed E-state index contributed by atoms with van der Waals surface area (Å²) < 4.78 is 5.53. The van der Waals surface area contributed by atoms with Crippen LogP contribution < -0.4 is 11.0 Å². The predicted molar refractivity (Wildman–Crippen MR) is 71.0 cm³/mol. The van der Waals surface area contributed by atoms with E-state index in [4.69, 9.17) is 4.74 Å². The second kappa shape index (κ2) is 4.49. The van der Waals surface area contributed by atoms with Gasteiger partial charge in [0.05, 0.1) is 17.1 Å². The Morgan fingerprint density at radius 2 is 2.17 bits per heavy atom. The minimum Gasteiger partial charge on any atom is -0.382 e. The van der Waals surface area contributed by atoms with Crippen molar-refractivity contribution in [1.82, 2.24) is 9.97 Å². The highest BCUT2D eigenvalue weighted by Crippen LogP contribution is 2.20. The average Bonchev–Trinajstić information content (AvgIpc) is 2.68. The first-order valence-electron chi connectivity index (χ1n) is 6.31. The first-order chi connectivity index (χ1) is 8.70. The summed E-state index contributed by atoms with van der Waals surface area (Å²) >= 11 is 0. The van der Waals surface area contributed by atoms with E-state index in [1.807, 2.05) is 18.2 Å². The van der Waals surface area contributed by atoms with Crippen LogP contribution >= 0.6 is 0 Å². The highest BCUT2D eigenvalue weighted by Gasteiger charge is 2.19. The van der Waals surface area contributed by atoms with Crippen LogP contribution in [0.3, 0.4) is 0 Å². The molecule has 1 fully saturated rings. The standard InChI is InChI=1S/C13H17N3O2/c1-8-6-10(4-5-18-8)14-9-2-3-11-12(7-9)16-13(17)15-11/h2-3,7-8,10,14H,4-6H2,1H3,(H2,15,16,17). The van der Waals surface area contributed by atoms with Gasteiger partial charge in [-0.1, -0.05) is 0 Å². The van der Waals surface area contributed by atoms with E-state index in [1.165, 1.54) is 0 Å². The molecule has 1 aliphatic rings. The van der Waals surface area contributed by atoms with Crippen LogP contribution in [0.2, 0.25) is 0 Å². The summed E-state index contributed by atoms with van der Waals surface area (Å²) in [6.07, 6.45) is 2.35. The lowest BCUT2D eigenvalue weighted by molar-refractivity contribution is 0.0232. The topological polar surface area (TPSA) is 69.9 Å². The summed E-state index contributed by atoms with van der Waals surface area (Å²) in [5.74, 6) is 0. The molecular weight excluding hydrogens is 230 g/mol. The van der Waals surface area contributed by atoms with E-state index < -0.39 is 0 Å². The van der Waals surface area contributed by atoms with E-state index in [9.17, 15) is 4.79 Å². The Bertz CT molecular complexity index is 602. The molecule has 0 amide bonds. The minimum absolute atomic E-state index is 0.165. The number of nitrogens with one attached hydrogen (secondary N) is 3. The van der Waals surface area contributed by atoms with Crippen molar-refractivity contribution in [2.45, 2.75) is 31.9 Å². The summed E-state index contributed by atoms with van der Waals surface area (Å²) in [5.41, 5.74) is 2.55. The van der Waals surface area contributed by atoms with Gasteiger partial charge in [-0.15, -0.1) is 0 Å². The molecule has 1 aromatic heterocycles. The molecule has 0 bridgehead atoms. The molecule has 2 heterocycles. The molecule has 2 atom stereocenters. The molecule has 96 valence electrons. The fourth-order valence-corrected chi connectivity index (χ4v) is 2.49. The zero-order valence-corrected chi connectivity index (χ0v) is 10.3. The van der Waals surface area contributed by atoms with E-state index >= 15 is 0 Å². The summed E-state index contributed by atoms with van der Waals surface area (Å²) in [6, 6.07) is 6.31. The molecule has 18 heavy (non-hydrogen) atoms. The van der Waals surface area contributed by atoms with Gasteiger partial charge in [-0.3, -0.25) is 0 Å². The Balaban J connectivity index is 1.79. The van der Waals surface area contributed by atoms with E-state index in [1.54, 1.807) is 0 Å². The highest BCUT2D eigenvalue weighted by atomic mass is 16.5. The lowest BCUT2D eigenvalue weighted by atomic mass is 10.0. The van der Waals surface area contributed by atoms with Crippen molar-refractivity contribution in [3.63, 3.8) is 0 Å². The maximum atomic E-state index is 11.2. The van der Waals surface area contributed by atoms with Gasteiger partial charge in [-0.05, 0) is 38.0 Å². The number of hydrogen-bond acceptors (Lipinski definition) is 3. The fourth-order valence-electron chi connectivity index (χ4n) is 2.49. The van der Waals surface area contributed by atoms with Gasteiger partial charge < -0.3 is 20.0 Å². The summed E-state index contributed by atoms with van der Waals surface area (Å²) in [4.78, 5) is 16.7. The van der Waals surface area contributed by atoms with Crippen molar-refractivity contribution in [1.29, 1.82) is 0 Å². The van der Waals surface area contributed by atoms with E-state index in [-0.39, 0.29) is 5.69 Å². The van der Waals surface area contributed by atoms with Crippen LogP contribution in [0, 0.1) is 0 Å². The van der Waals surface area contributed by atoms with Crippen molar-refractivity contribution in [3.05, 3.63) is 28.7 Å². The first-order valence-corrected chi connectivity index (χ1v) is 6.31. The molecule has 1 aromatic carbocycles. The molecule has 2 aromatic rings. The van der Waals surface area contributed by atoms with E-state index in [0.29, 0.717) is 12.1 Å². The maximum absolute atomic E-state index is 11.2. The van der Waals surface area contributed by atoms with Gasteiger partial charge in [0.25, 0.3) is 0 Å². The number of imidazole rings is 1. The SMILES string of the molecule is CC1CC(Nc2ccc3[nH]c(=O)[nH]c3c2)CCO1. The van der Waals surface area contributed by atoms with Gasteiger partial charge in [0, 0.05) is 18.3 Å². The Morgan fingerprint density at radius 3 is 3.00 bits per heavy atom. The molecule has 3 rings (SSSR count). The highest BCUT2D eigenvalue weighted by molar-refractivity contribution is 5.78. The summed E-state index contributed by atoms with van der Waals surface area (Å²) in [7, 11) is 0. The smallest absolute Gasteiger partial charge is 0.323 e. The molecule has 0 aliphatic carbocycles. The molecular formula is C13H17N3O2. The number of aromatic amines is 2. The van der Waals surface area contributed by atoms with Crippen LogP contribution in [-0.2, 0) is 4.74 Å². The lowest BCUT2D eigenvalue weighted by Gasteiger charge is -2.28. The number of rotatable bonds is 2. The largest absolute Gasteiger partial charge is 0.382 e. The van der Waals surface area contributed by atoms with Crippen LogP contribution in [0.15, 0.2) is 23.0 Å². The Morgan fingerprint density at radius 1 is 1.33 bits per heavy atom. The van der Waals surface area contributed by atoms with Gasteiger partial charge in [0.1, 0.15) is 0 Å². The predicted octanol–water partition coefficient (Wildman–Crippen LogP) is 1.84. The summed E-state index contributed by atoms with van der Waals surface area (Å²) in [5, 5.41) is 3.50. The average molecular weight is 247 g/mol. The molecule has 0 saturated carbocycles. The van der Waals surface area contributed by atoms with Crippen molar-refractivity contribution < 1.29 is 4.74 Å². The van der Waals surface area contributed by atoms with E-state index in [2.05, 4.69) is 22.2 Å². The first kappa shape index (κ1) is 11.3. The molecule has 0 spiro atoms. The van der Waals surface area contributed by atoms with Crippen molar-refractivity contribution in [2.24, 2.45) is 0 Å². The molecule has 1 saturated heterocycles. The molecule has 1 aliphatic heterocycles. The third kappa shape index (κ3) is 2.26. The molecule has 0 radical (unpaired) electrons. The van der Waals surface area contributed by atoms with Crippen LogP contribution in [0.25, 0.3) is 11.0 Å². The number of hydrogen-bond donors (Lipinski definition) is 3. The Hall–Kier alpha value is -1.75. The second-order valence-electron chi connectivity index (χ2n) is 4.89. The molecule has 3 N–H and O–H groups in total. The monoisotopic (exact) mass is 247 g/mol. The summed E-state index contributed by atoms with van der Waals surface area (Å²) in [6.45, 7) is 2.91. The zero-order valence-electron chi connectivity index (χ0n) is 10.3. The third-order valence-electron chi connectivity index (χ3n) is 3.37. The quantitative estimate of drug-likeness (QED) is 0.758. The second-order valence-corrected chi connectivity index (χ2v) is 4.89. The van der Waals surface area contributed by atoms with Crippen LogP contribution in [0.1, 0.15) is 19.8 Å². The number of aromatic nitrogens is 2. The van der Waals surface area contributed by atoms with Gasteiger partial charge >= 0.3 is 5.69 Å². The number of fused-ring (bicyclic) bond motifs is 1. The lowest BCUT2D eigenvalue weighted by Crippen LogP contribution is -2.32. The van der Waals surface area contributed by atoms with Crippen LogP contribution in [0.5, 0.6) is 0 Å². The van der Waals surface area contributed by atoms with Crippen molar-refractivity contribution in [3.8, 4) is 0 Å². The van der Waals surface area contributed by atoms with Gasteiger partial charge in [0.2, 0.25) is 0 Å². The van der Waals surface area contributed by atoms with Gasteiger partial charge in [-0.2, -0.15) is 0 Å². The number of anilines is 1. The number of ether oxygens (including phenoxy) is 1. The van der Waals surface area contributed by atoms with Gasteiger partial charge in [0.15, 0.2) is 0 Å². The fraction of sp³-hybridized carbons (Fsp3) is 0.462. The van der Waals surface area contributed by atoms with Crippen LogP contribution in [-0.4, -0.2) is 28.7 Å². The molecule has 5 nitrogen and oxygen atoms in total. The Kier molecular flexibility index (Phi) is 2.83. The number of benzene rings is 1. The van der Waals surface area contributed by atoms with Crippen molar-refractivity contribution >= 4 is 16.7 Å². The Labute approximate surface area is 105 Å². The third-order valence-corrected chi connectivity index (χ3v) is 3.37. The normalized spacial score (nSPS) is 24.3. The molecule has 2 unspecified atom stereocenters. The zero-order chi connectivity index (χ0) is 12.5. The number of H-pyrrole nitrogens is 2. The van der Waals surface area contributed by atoms with Gasteiger partial charge in [-0.25, -0.2) is 4.79 Å². The minimum atomic E-state index is -0.165. The van der Waals surface area contributed by atoms with Crippen LogP contribution in [0.4, 0.5) is 5.69 Å². The van der Waals surface area contributed by atoms with E-state index in [0.717, 1.165) is 36.2 Å². The maximum Gasteiger partial charge on any atom is 0.323 e. The van der Waals surface area contributed by atoms with Crippen molar-refractivity contribution in [2.75, 3.05) is 11.9 Å². The molecule has 5 heteroatoms.